The number of amides is 2. The smallest absolute Gasteiger partial charge is 0.252 e. The maximum Gasteiger partial charge on any atom is 0.252 e. The van der Waals surface area contributed by atoms with Crippen LogP contribution < -0.4 is 10.6 Å². The second kappa shape index (κ2) is 9.80. The van der Waals surface area contributed by atoms with Gasteiger partial charge in [-0.15, -0.1) is 11.8 Å². The maximum atomic E-state index is 13.6. The molecule has 0 aliphatic carbocycles. The van der Waals surface area contributed by atoms with Crippen molar-refractivity contribution in [3.63, 3.8) is 0 Å². The van der Waals surface area contributed by atoms with Crippen molar-refractivity contribution < 1.29 is 27.5 Å². The van der Waals surface area contributed by atoms with Gasteiger partial charge in [0.2, 0.25) is 5.91 Å². The molecule has 1 aliphatic rings. The van der Waals surface area contributed by atoms with Gasteiger partial charge < -0.3 is 15.4 Å². The molecule has 3 rings (SSSR count). The molecule has 1 fully saturated rings. The Morgan fingerprint density at radius 1 is 1.10 bits per heavy atom. The normalized spacial score (nSPS) is 15.9. The standard InChI is InChI=1S/C20H19F3N2O3S/c21-14-7-8-15(19(23)18(14)22)25-17(26)10-24-20(27)13-5-1-2-6-16(13)29-11-12-4-3-9-28-12/h1-2,5-8,12H,3-4,9-11H2,(H,24,27)(H,25,26). The molecule has 2 N–H and O–H groups in total. The van der Waals surface area contributed by atoms with E-state index < -0.39 is 41.5 Å². The summed E-state index contributed by atoms with van der Waals surface area (Å²) in [5.41, 5.74) is -0.0991. The van der Waals surface area contributed by atoms with Gasteiger partial charge in [0.05, 0.1) is 23.9 Å². The van der Waals surface area contributed by atoms with Gasteiger partial charge in [-0.1, -0.05) is 12.1 Å². The third kappa shape index (κ3) is 5.51. The minimum absolute atomic E-state index is 0.160. The Labute approximate surface area is 170 Å². The summed E-state index contributed by atoms with van der Waals surface area (Å²) >= 11 is 1.50. The van der Waals surface area contributed by atoms with Crippen molar-refractivity contribution in [3.05, 3.63) is 59.4 Å². The zero-order valence-corrected chi connectivity index (χ0v) is 16.2. The summed E-state index contributed by atoms with van der Waals surface area (Å²) in [6, 6.07) is 8.58. The molecule has 1 aliphatic heterocycles. The minimum Gasteiger partial charge on any atom is -0.377 e. The van der Waals surface area contributed by atoms with Crippen molar-refractivity contribution in [2.24, 2.45) is 0 Å². The van der Waals surface area contributed by atoms with Crippen molar-refractivity contribution in [2.75, 3.05) is 24.2 Å². The molecule has 1 heterocycles. The number of benzene rings is 2. The number of anilines is 1. The van der Waals surface area contributed by atoms with E-state index in [1.54, 1.807) is 12.1 Å². The lowest BCUT2D eigenvalue weighted by atomic mass is 10.2. The van der Waals surface area contributed by atoms with Crippen molar-refractivity contribution >= 4 is 29.3 Å². The number of nitrogens with one attached hydrogen (secondary N) is 2. The highest BCUT2D eigenvalue weighted by molar-refractivity contribution is 7.99. The Morgan fingerprint density at radius 3 is 2.66 bits per heavy atom. The number of ether oxygens (including phenoxy) is 1. The SMILES string of the molecule is O=C(CNC(=O)c1ccccc1SCC1CCCO1)Nc1ccc(F)c(F)c1F. The molecule has 5 nitrogen and oxygen atoms in total. The average molecular weight is 424 g/mol. The van der Waals surface area contributed by atoms with Gasteiger partial charge in [-0.25, -0.2) is 13.2 Å². The van der Waals surface area contributed by atoms with Gasteiger partial charge >= 0.3 is 0 Å². The molecule has 0 bridgehead atoms. The average Bonchev–Trinajstić information content (AvgIpc) is 3.25. The van der Waals surface area contributed by atoms with Crippen LogP contribution in [0.5, 0.6) is 0 Å². The molecule has 1 atom stereocenters. The van der Waals surface area contributed by atoms with Crippen LogP contribution in [0.25, 0.3) is 0 Å². The van der Waals surface area contributed by atoms with Gasteiger partial charge in [0.15, 0.2) is 17.5 Å². The van der Waals surface area contributed by atoms with Gasteiger partial charge in [-0.3, -0.25) is 9.59 Å². The topological polar surface area (TPSA) is 67.4 Å². The zero-order chi connectivity index (χ0) is 20.8. The first-order valence-corrected chi connectivity index (χ1v) is 9.99. The van der Waals surface area contributed by atoms with Crippen LogP contribution in [0.2, 0.25) is 0 Å². The molecule has 0 spiro atoms. The number of thioether (sulfide) groups is 1. The Kier molecular flexibility index (Phi) is 7.16. The van der Waals surface area contributed by atoms with Crippen LogP contribution in [0.15, 0.2) is 41.3 Å². The van der Waals surface area contributed by atoms with Gasteiger partial charge in [0.25, 0.3) is 5.91 Å². The van der Waals surface area contributed by atoms with Crippen LogP contribution in [0.1, 0.15) is 23.2 Å². The van der Waals surface area contributed by atoms with Crippen LogP contribution >= 0.6 is 11.8 Å². The molecule has 0 radical (unpaired) electrons. The van der Waals surface area contributed by atoms with Gasteiger partial charge in [0, 0.05) is 17.3 Å². The van der Waals surface area contributed by atoms with E-state index in [1.807, 2.05) is 12.1 Å². The molecule has 2 amide bonds. The quantitative estimate of drug-likeness (QED) is 0.525. The summed E-state index contributed by atoms with van der Waals surface area (Å²) in [7, 11) is 0. The minimum atomic E-state index is -1.68. The number of rotatable bonds is 7. The van der Waals surface area contributed by atoms with Gasteiger partial charge in [-0.2, -0.15) is 0 Å². The van der Waals surface area contributed by atoms with Crippen LogP contribution in [0.3, 0.4) is 0 Å². The number of hydrogen-bond acceptors (Lipinski definition) is 4. The van der Waals surface area contributed by atoms with Crippen LogP contribution in [-0.2, 0) is 9.53 Å². The fourth-order valence-electron chi connectivity index (χ4n) is 2.81. The summed E-state index contributed by atoms with van der Waals surface area (Å²) in [4.78, 5) is 25.2. The fraction of sp³-hybridized carbons (Fsp3) is 0.300. The van der Waals surface area contributed by atoms with E-state index in [1.165, 1.54) is 11.8 Å². The predicted octanol–water partition coefficient (Wildman–Crippen LogP) is 3.74. The predicted molar refractivity (Wildman–Crippen MR) is 103 cm³/mol. The first kappa shape index (κ1) is 21.2. The molecule has 1 unspecified atom stereocenters. The highest BCUT2D eigenvalue weighted by Crippen LogP contribution is 2.26. The van der Waals surface area contributed by atoms with Crippen molar-refractivity contribution in [3.8, 4) is 0 Å². The first-order valence-electron chi connectivity index (χ1n) is 9.00. The lowest BCUT2D eigenvalue weighted by Gasteiger charge is -2.12. The van der Waals surface area contributed by atoms with E-state index in [0.717, 1.165) is 36.2 Å². The molecule has 154 valence electrons. The van der Waals surface area contributed by atoms with Crippen molar-refractivity contribution in [1.29, 1.82) is 0 Å². The molecule has 29 heavy (non-hydrogen) atoms. The highest BCUT2D eigenvalue weighted by Gasteiger charge is 2.19. The van der Waals surface area contributed by atoms with Crippen LogP contribution in [-0.4, -0.2) is 36.8 Å². The van der Waals surface area contributed by atoms with Crippen LogP contribution in [0.4, 0.5) is 18.9 Å². The first-order chi connectivity index (χ1) is 14.0. The van der Waals surface area contributed by atoms with Crippen molar-refractivity contribution in [2.45, 2.75) is 23.8 Å². The highest BCUT2D eigenvalue weighted by atomic mass is 32.2. The van der Waals surface area contributed by atoms with E-state index >= 15 is 0 Å². The molecule has 1 saturated heterocycles. The van der Waals surface area contributed by atoms with E-state index in [2.05, 4.69) is 10.6 Å². The van der Waals surface area contributed by atoms with Crippen molar-refractivity contribution in [1.82, 2.24) is 5.32 Å². The maximum absolute atomic E-state index is 13.6. The third-order valence-corrected chi connectivity index (χ3v) is 5.50. The molecule has 2 aromatic carbocycles. The summed E-state index contributed by atoms with van der Waals surface area (Å²) in [5, 5.41) is 4.55. The Balaban J connectivity index is 1.56. The largest absolute Gasteiger partial charge is 0.377 e. The lowest BCUT2D eigenvalue weighted by molar-refractivity contribution is -0.115. The number of halogens is 3. The zero-order valence-electron chi connectivity index (χ0n) is 15.3. The second-order valence-corrected chi connectivity index (χ2v) is 7.46. The number of carbonyl (C=O) groups excluding carboxylic acids is 2. The van der Waals surface area contributed by atoms with Crippen LogP contribution in [0, 0.1) is 17.5 Å². The summed E-state index contributed by atoms with van der Waals surface area (Å²) < 4.78 is 45.4. The summed E-state index contributed by atoms with van der Waals surface area (Å²) in [6.07, 6.45) is 2.18. The molecular weight excluding hydrogens is 405 g/mol. The monoisotopic (exact) mass is 424 g/mol. The van der Waals surface area contributed by atoms with E-state index in [-0.39, 0.29) is 6.10 Å². The Bertz CT molecular complexity index is 905. The molecular formula is C20H19F3N2O3S. The fourth-order valence-corrected chi connectivity index (χ4v) is 3.93. The summed E-state index contributed by atoms with van der Waals surface area (Å²) in [6.45, 7) is 0.295. The summed E-state index contributed by atoms with van der Waals surface area (Å²) in [5.74, 6) is -5.05. The van der Waals surface area contributed by atoms with Gasteiger partial charge in [0.1, 0.15) is 0 Å². The molecule has 0 aromatic heterocycles. The molecule has 2 aromatic rings. The molecule has 0 saturated carbocycles. The second-order valence-electron chi connectivity index (χ2n) is 6.40. The van der Waals surface area contributed by atoms with E-state index in [4.69, 9.17) is 4.74 Å². The lowest BCUT2D eigenvalue weighted by Crippen LogP contribution is -2.33. The number of hydrogen-bond donors (Lipinski definition) is 2. The van der Waals surface area contributed by atoms with E-state index in [9.17, 15) is 22.8 Å². The molecule has 9 heteroatoms. The third-order valence-electron chi connectivity index (χ3n) is 4.30. The Morgan fingerprint density at radius 2 is 1.90 bits per heavy atom. The van der Waals surface area contributed by atoms with E-state index in [0.29, 0.717) is 11.6 Å². The number of carbonyl (C=O) groups is 2. The van der Waals surface area contributed by atoms with Gasteiger partial charge in [-0.05, 0) is 37.1 Å². The Hall–Kier alpha value is -2.52.